The largest absolute Gasteiger partial charge is 0.480 e. The highest BCUT2D eigenvalue weighted by Crippen LogP contribution is 2.23. The van der Waals surface area contributed by atoms with E-state index in [1.54, 1.807) is 32.9 Å². The van der Waals surface area contributed by atoms with Crippen molar-refractivity contribution in [1.82, 2.24) is 5.32 Å². The fourth-order valence-corrected chi connectivity index (χ4v) is 2.13. The lowest BCUT2D eigenvalue weighted by atomic mass is 9.86. The van der Waals surface area contributed by atoms with E-state index < -0.39 is 23.3 Å². The summed E-state index contributed by atoms with van der Waals surface area (Å²) in [6, 6.07) is 3.79. The van der Waals surface area contributed by atoms with Crippen molar-refractivity contribution in [2.45, 2.75) is 26.8 Å². The average molecular weight is 349 g/mol. The maximum Gasteiger partial charge on any atom is 0.326 e. The zero-order chi connectivity index (χ0) is 14.8. The fraction of sp³-hybridized carbons (Fsp3) is 0.385. The molecule has 0 aliphatic rings. The monoisotopic (exact) mass is 347 g/mol. The fourth-order valence-electron chi connectivity index (χ4n) is 1.53. The highest BCUT2D eigenvalue weighted by Gasteiger charge is 2.33. The Morgan fingerprint density at radius 1 is 1.37 bits per heavy atom. The smallest absolute Gasteiger partial charge is 0.326 e. The number of halogens is 2. The van der Waals surface area contributed by atoms with Gasteiger partial charge in [-0.2, -0.15) is 0 Å². The molecule has 0 radical (unpaired) electrons. The number of carboxylic acid groups (broad SMARTS) is 1. The van der Waals surface area contributed by atoms with Crippen LogP contribution in [-0.4, -0.2) is 23.0 Å². The first-order valence-electron chi connectivity index (χ1n) is 5.61. The summed E-state index contributed by atoms with van der Waals surface area (Å²) in [4.78, 5) is 23.3. The number of benzene rings is 1. The Balaban J connectivity index is 3.01. The van der Waals surface area contributed by atoms with Crippen LogP contribution in [-0.2, 0) is 4.79 Å². The molecule has 104 valence electrons. The molecule has 0 heterocycles. The molecule has 1 atom stereocenters. The molecule has 0 aromatic heterocycles. The molecule has 4 nitrogen and oxygen atoms in total. The summed E-state index contributed by atoms with van der Waals surface area (Å²) in [7, 11) is 0. The van der Waals surface area contributed by atoms with Gasteiger partial charge >= 0.3 is 5.97 Å². The Labute approximate surface area is 125 Å². The number of carbonyl (C=O) groups excluding carboxylic acids is 1. The summed E-state index contributed by atoms with van der Waals surface area (Å²) in [6.45, 7) is 5.25. The van der Waals surface area contributed by atoms with Crippen molar-refractivity contribution in [2.75, 3.05) is 0 Å². The second-order valence-corrected chi connectivity index (χ2v) is 6.53. The number of amides is 1. The standard InChI is InChI=1S/C13H15BrClNO3/c1-13(2,3)10(12(18)19)16-11(17)8-6-7(15)4-5-9(8)14/h4-6,10H,1-3H3,(H,16,17)(H,18,19)/t10-/m1/s1. The van der Waals surface area contributed by atoms with Crippen LogP contribution in [0.3, 0.4) is 0 Å². The lowest BCUT2D eigenvalue weighted by molar-refractivity contribution is -0.142. The van der Waals surface area contributed by atoms with Crippen LogP contribution in [0.5, 0.6) is 0 Å². The van der Waals surface area contributed by atoms with E-state index in [1.807, 2.05) is 0 Å². The van der Waals surface area contributed by atoms with Crippen molar-refractivity contribution in [1.29, 1.82) is 0 Å². The lowest BCUT2D eigenvalue weighted by Gasteiger charge is -2.27. The molecule has 2 N–H and O–H groups in total. The number of carbonyl (C=O) groups is 2. The highest BCUT2D eigenvalue weighted by atomic mass is 79.9. The number of hydrogen-bond donors (Lipinski definition) is 2. The molecule has 0 saturated heterocycles. The normalized spacial score (nSPS) is 12.9. The first kappa shape index (κ1) is 16.0. The van der Waals surface area contributed by atoms with E-state index in [0.29, 0.717) is 15.1 Å². The molecule has 0 spiro atoms. The van der Waals surface area contributed by atoms with Crippen LogP contribution in [0.15, 0.2) is 22.7 Å². The van der Waals surface area contributed by atoms with Crippen molar-refractivity contribution >= 4 is 39.4 Å². The average Bonchev–Trinajstić information content (AvgIpc) is 2.26. The minimum Gasteiger partial charge on any atom is -0.480 e. The van der Waals surface area contributed by atoms with Gasteiger partial charge < -0.3 is 10.4 Å². The van der Waals surface area contributed by atoms with E-state index in [9.17, 15) is 14.7 Å². The van der Waals surface area contributed by atoms with Crippen molar-refractivity contribution in [3.63, 3.8) is 0 Å². The first-order valence-corrected chi connectivity index (χ1v) is 6.78. The summed E-state index contributed by atoms with van der Waals surface area (Å²) < 4.78 is 0.562. The highest BCUT2D eigenvalue weighted by molar-refractivity contribution is 9.10. The number of hydrogen-bond acceptors (Lipinski definition) is 2. The third kappa shape index (κ3) is 4.21. The molecule has 0 aliphatic heterocycles. The number of aliphatic carboxylic acids is 1. The van der Waals surface area contributed by atoms with E-state index in [4.69, 9.17) is 11.6 Å². The van der Waals surface area contributed by atoms with Gasteiger partial charge in [0.2, 0.25) is 0 Å². The van der Waals surface area contributed by atoms with E-state index in [1.165, 1.54) is 6.07 Å². The molecule has 1 amide bonds. The van der Waals surface area contributed by atoms with Crippen molar-refractivity contribution in [3.05, 3.63) is 33.3 Å². The Morgan fingerprint density at radius 2 is 1.95 bits per heavy atom. The summed E-state index contributed by atoms with van der Waals surface area (Å²) in [5.41, 5.74) is -0.282. The van der Waals surface area contributed by atoms with Gasteiger partial charge in [-0.25, -0.2) is 4.79 Å². The first-order chi connectivity index (χ1) is 8.62. The number of rotatable bonds is 3. The van der Waals surface area contributed by atoms with Gasteiger partial charge in [0, 0.05) is 9.50 Å². The van der Waals surface area contributed by atoms with E-state index >= 15 is 0 Å². The zero-order valence-corrected chi connectivity index (χ0v) is 13.2. The van der Waals surface area contributed by atoms with Crippen molar-refractivity contribution in [2.24, 2.45) is 5.41 Å². The predicted molar refractivity (Wildman–Crippen MR) is 77.5 cm³/mol. The molecular weight excluding hydrogens is 334 g/mol. The third-order valence-corrected chi connectivity index (χ3v) is 3.49. The van der Waals surface area contributed by atoms with Crippen LogP contribution in [0.2, 0.25) is 5.02 Å². The van der Waals surface area contributed by atoms with Gasteiger partial charge in [-0.15, -0.1) is 0 Å². The summed E-state index contributed by atoms with van der Waals surface area (Å²) in [6.07, 6.45) is 0. The van der Waals surface area contributed by atoms with Crippen LogP contribution < -0.4 is 5.32 Å². The molecule has 0 saturated carbocycles. The molecule has 0 fully saturated rings. The Kier molecular flexibility index (Phi) is 4.98. The molecule has 0 aliphatic carbocycles. The maximum atomic E-state index is 12.1. The van der Waals surface area contributed by atoms with Crippen LogP contribution in [0.4, 0.5) is 0 Å². The van der Waals surface area contributed by atoms with Crippen LogP contribution in [0.1, 0.15) is 31.1 Å². The topological polar surface area (TPSA) is 66.4 Å². The van der Waals surface area contributed by atoms with Gasteiger partial charge in [0.25, 0.3) is 5.91 Å². The summed E-state index contributed by atoms with van der Waals surface area (Å²) in [5, 5.41) is 12.1. The summed E-state index contributed by atoms with van der Waals surface area (Å²) in [5.74, 6) is -1.55. The van der Waals surface area contributed by atoms with E-state index in [-0.39, 0.29) is 0 Å². The SMILES string of the molecule is CC(C)(C)[C@H](NC(=O)c1cc(Cl)ccc1Br)C(=O)O. The second kappa shape index (κ2) is 5.92. The quantitative estimate of drug-likeness (QED) is 0.880. The van der Waals surface area contributed by atoms with E-state index in [2.05, 4.69) is 21.2 Å². The van der Waals surface area contributed by atoms with E-state index in [0.717, 1.165) is 0 Å². The van der Waals surface area contributed by atoms with Crippen molar-refractivity contribution in [3.8, 4) is 0 Å². The number of carboxylic acids is 1. The molecule has 1 rings (SSSR count). The predicted octanol–water partition coefficient (Wildman–Crippen LogP) is 3.33. The molecule has 19 heavy (non-hydrogen) atoms. The minimum atomic E-state index is -1.07. The second-order valence-electron chi connectivity index (χ2n) is 5.23. The molecule has 1 aromatic carbocycles. The number of nitrogens with one attached hydrogen (secondary N) is 1. The van der Waals surface area contributed by atoms with Crippen molar-refractivity contribution < 1.29 is 14.7 Å². The Morgan fingerprint density at radius 3 is 2.42 bits per heavy atom. The molecule has 0 unspecified atom stereocenters. The van der Waals surface area contributed by atoms with Gasteiger partial charge in [0.15, 0.2) is 0 Å². The van der Waals surface area contributed by atoms with Crippen LogP contribution >= 0.6 is 27.5 Å². The Hall–Kier alpha value is -1.07. The van der Waals surface area contributed by atoms with Gasteiger partial charge in [0.05, 0.1) is 5.56 Å². The maximum absolute atomic E-state index is 12.1. The van der Waals surface area contributed by atoms with Gasteiger partial charge in [-0.05, 0) is 39.5 Å². The van der Waals surface area contributed by atoms with Crippen LogP contribution in [0.25, 0.3) is 0 Å². The molecule has 1 aromatic rings. The lowest BCUT2D eigenvalue weighted by Crippen LogP contribution is -2.49. The Bertz CT molecular complexity index is 511. The molecular formula is C13H15BrClNO3. The molecule has 6 heteroatoms. The van der Waals surface area contributed by atoms with Gasteiger partial charge in [0.1, 0.15) is 6.04 Å². The van der Waals surface area contributed by atoms with Gasteiger partial charge in [-0.3, -0.25) is 4.79 Å². The minimum absolute atomic E-state index is 0.308. The zero-order valence-electron chi connectivity index (χ0n) is 10.8. The van der Waals surface area contributed by atoms with Gasteiger partial charge in [-0.1, -0.05) is 32.4 Å². The van der Waals surface area contributed by atoms with Crippen LogP contribution in [0, 0.1) is 5.41 Å². The third-order valence-electron chi connectivity index (χ3n) is 2.56. The summed E-state index contributed by atoms with van der Waals surface area (Å²) >= 11 is 9.07. The molecule has 0 bridgehead atoms.